The Morgan fingerprint density at radius 1 is 1.16 bits per heavy atom. The minimum Gasteiger partial charge on any atom is -0.490 e. The molecule has 2 aromatic rings. The molecule has 0 bridgehead atoms. The molecule has 1 N–H and O–H groups in total. The molecule has 3 nitrogen and oxygen atoms in total. The highest BCUT2D eigenvalue weighted by Gasteiger charge is 2.13. The van der Waals surface area contributed by atoms with Crippen molar-refractivity contribution in [3.05, 3.63) is 64.7 Å². The molecule has 0 atom stereocenters. The topological polar surface area (TPSA) is 30.5 Å². The molecule has 134 valence electrons. The number of ether oxygens (including phenoxy) is 2. The van der Waals surface area contributed by atoms with Crippen LogP contribution in [0.5, 0.6) is 11.5 Å². The first-order valence-electron chi connectivity index (χ1n) is 8.61. The smallest absolute Gasteiger partial charge is 0.164 e. The van der Waals surface area contributed by atoms with Crippen molar-refractivity contribution in [1.82, 2.24) is 0 Å². The highest BCUT2D eigenvalue weighted by Crippen LogP contribution is 2.34. The Labute approximate surface area is 155 Å². The maximum absolute atomic E-state index is 6.20. The van der Waals surface area contributed by atoms with E-state index in [4.69, 9.17) is 21.1 Å². The highest BCUT2D eigenvalue weighted by atomic mass is 35.5. The zero-order chi connectivity index (χ0) is 18.2. The summed E-state index contributed by atoms with van der Waals surface area (Å²) in [6, 6.07) is 10.1. The summed E-state index contributed by atoms with van der Waals surface area (Å²) in [5, 5.41) is 4.22. The van der Waals surface area contributed by atoms with Crippen molar-refractivity contribution in [1.29, 1.82) is 0 Å². The third kappa shape index (κ3) is 4.93. The number of nitrogens with one attached hydrogen (secondary N) is 1. The van der Waals surface area contributed by atoms with Crippen LogP contribution in [-0.2, 0) is 13.0 Å². The number of rotatable bonds is 9. The fourth-order valence-corrected chi connectivity index (χ4v) is 2.87. The standard InChI is InChI=1S/C21H26ClNO2/c1-5-9-17-12-16(13-20(24-6-2)21(17)25-7-3)14-23-19-11-8-10-18(22)15(19)4/h5,8,10-13,23H,1,6-7,9,14H2,2-4H3. The van der Waals surface area contributed by atoms with E-state index < -0.39 is 0 Å². The minimum atomic E-state index is 0.595. The molecule has 4 heteroatoms. The summed E-state index contributed by atoms with van der Waals surface area (Å²) in [5.74, 6) is 1.59. The summed E-state index contributed by atoms with van der Waals surface area (Å²) in [7, 11) is 0. The zero-order valence-electron chi connectivity index (χ0n) is 15.2. The predicted octanol–water partition coefficient (Wildman–Crippen LogP) is 5.79. The van der Waals surface area contributed by atoms with Crippen molar-refractivity contribution >= 4 is 17.3 Å². The first-order valence-corrected chi connectivity index (χ1v) is 8.99. The van der Waals surface area contributed by atoms with Gasteiger partial charge in [-0.2, -0.15) is 0 Å². The molecule has 0 fully saturated rings. The van der Waals surface area contributed by atoms with Crippen molar-refractivity contribution in [2.75, 3.05) is 18.5 Å². The van der Waals surface area contributed by atoms with E-state index in [1.54, 1.807) is 0 Å². The lowest BCUT2D eigenvalue weighted by molar-refractivity contribution is 0.285. The Morgan fingerprint density at radius 2 is 1.92 bits per heavy atom. The Bertz CT molecular complexity index is 728. The summed E-state index contributed by atoms with van der Waals surface area (Å²) in [6.45, 7) is 11.7. The van der Waals surface area contributed by atoms with Gasteiger partial charge in [0.05, 0.1) is 13.2 Å². The largest absolute Gasteiger partial charge is 0.490 e. The highest BCUT2D eigenvalue weighted by molar-refractivity contribution is 6.31. The Kier molecular flexibility index (Phi) is 7.20. The van der Waals surface area contributed by atoms with E-state index in [1.165, 1.54) is 0 Å². The molecule has 0 radical (unpaired) electrons. The van der Waals surface area contributed by atoms with Gasteiger partial charge in [-0.05, 0) is 62.6 Å². The Balaban J connectivity index is 2.30. The van der Waals surface area contributed by atoms with Crippen LogP contribution in [0, 0.1) is 6.92 Å². The molecular weight excluding hydrogens is 334 g/mol. The van der Waals surface area contributed by atoms with Gasteiger partial charge in [0.25, 0.3) is 0 Å². The van der Waals surface area contributed by atoms with Crippen LogP contribution in [0.15, 0.2) is 43.0 Å². The molecule has 2 aromatic carbocycles. The second-order valence-corrected chi connectivity index (χ2v) is 6.11. The van der Waals surface area contributed by atoms with Gasteiger partial charge >= 0.3 is 0 Å². The van der Waals surface area contributed by atoms with Gasteiger partial charge < -0.3 is 14.8 Å². The number of hydrogen-bond acceptors (Lipinski definition) is 3. The number of halogens is 1. The average molecular weight is 360 g/mol. The fraction of sp³-hybridized carbons (Fsp3) is 0.333. The van der Waals surface area contributed by atoms with Crippen molar-refractivity contribution in [3.8, 4) is 11.5 Å². The lowest BCUT2D eigenvalue weighted by Gasteiger charge is -2.17. The van der Waals surface area contributed by atoms with E-state index in [-0.39, 0.29) is 0 Å². The third-order valence-electron chi connectivity index (χ3n) is 3.89. The number of hydrogen-bond donors (Lipinski definition) is 1. The lowest BCUT2D eigenvalue weighted by Crippen LogP contribution is -2.06. The van der Waals surface area contributed by atoms with E-state index in [1.807, 2.05) is 51.1 Å². The van der Waals surface area contributed by atoms with Crippen molar-refractivity contribution in [2.45, 2.75) is 33.7 Å². The second-order valence-electron chi connectivity index (χ2n) is 5.71. The first-order chi connectivity index (χ1) is 12.1. The van der Waals surface area contributed by atoms with E-state index in [0.717, 1.165) is 45.3 Å². The Morgan fingerprint density at radius 3 is 2.60 bits per heavy atom. The molecule has 2 rings (SSSR count). The van der Waals surface area contributed by atoms with Crippen molar-refractivity contribution < 1.29 is 9.47 Å². The second kappa shape index (κ2) is 9.38. The molecule has 0 heterocycles. The monoisotopic (exact) mass is 359 g/mol. The van der Waals surface area contributed by atoms with Crippen molar-refractivity contribution in [2.24, 2.45) is 0 Å². The van der Waals surface area contributed by atoms with Crippen LogP contribution >= 0.6 is 11.6 Å². The van der Waals surface area contributed by atoms with Crippen LogP contribution in [0.4, 0.5) is 5.69 Å². The van der Waals surface area contributed by atoms with E-state index in [0.29, 0.717) is 19.8 Å². The average Bonchev–Trinajstić information content (AvgIpc) is 2.59. The molecule has 0 amide bonds. The van der Waals surface area contributed by atoms with Crippen LogP contribution < -0.4 is 14.8 Å². The Hall–Kier alpha value is -2.13. The zero-order valence-corrected chi connectivity index (χ0v) is 16.0. The van der Waals surface area contributed by atoms with Gasteiger partial charge in [0.1, 0.15) is 0 Å². The molecule has 0 unspecified atom stereocenters. The van der Waals surface area contributed by atoms with Gasteiger partial charge in [-0.3, -0.25) is 0 Å². The van der Waals surface area contributed by atoms with E-state index in [9.17, 15) is 0 Å². The summed E-state index contributed by atoms with van der Waals surface area (Å²) >= 11 is 6.20. The number of allylic oxidation sites excluding steroid dienone is 1. The molecule has 0 spiro atoms. The minimum absolute atomic E-state index is 0.595. The van der Waals surface area contributed by atoms with Crippen LogP contribution in [0.3, 0.4) is 0 Å². The number of benzene rings is 2. The predicted molar refractivity (Wildman–Crippen MR) is 106 cm³/mol. The van der Waals surface area contributed by atoms with Gasteiger partial charge in [-0.1, -0.05) is 23.7 Å². The molecule has 0 aliphatic carbocycles. The molecule has 0 aliphatic heterocycles. The molecule has 0 aliphatic rings. The summed E-state index contributed by atoms with van der Waals surface area (Å²) in [4.78, 5) is 0. The molecule has 0 saturated heterocycles. The normalized spacial score (nSPS) is 10.4. The molecular formula is C21H26ClNO2. The first kappa shape index (κ1) is 19.2. The maximum atomic E-state index is 6.20. The summed E-state index contributed by atoms with van der Waals surface area (Å²) < 4.78 is 11.6. The molecule has 25 heavy (non-hydrogen) atoms. The van der Waals surface area contributed by atoms with Gasteiger partial charge in [-0.15, -0.1) is 6.58 Å². The van der Waals surface area contributed by atoms with Gasteiger partial charge in [-0.25, -0.2) is 0 Å². The summed E-state index contributed by atoms with van der Waals surface area (Å²) in [6.07, 6.45) is 2.62. The van der Waals surface area contributed by atoms with Crippen LogP contribution in [-0.4, -0.2) is 13.2 Å². The van der Waals surface area contributed by atoms with Crippen molar-refractivity contribution in [3.63, 3.8) is 0 Å². The van der Waals surface area contributed by atoms with Crippen LogP contribution in [0.1, 0.15) is 30.5 Å². The fourth-order valence-electron chi connectivity index (χ4n) is 2.70. The molecule has 0 saturated carbocycles. The quantitative estimate of drug-likeness (QED) is 0.575. The van der Waals surface area contributed by atoms with Gasteiger partial charge in [0.2, 0.25) is 0 Å². The third-order valence-corrected chi connectivity index (χ3v) is 4.30. The lowest BCUT2D eigenvalue weighted by atomic mass is 10.0. The van der Waals surface area contributed by atoms with E-state index in [2.05, 4.69) is 18.0 Å². The van der Waals surface area contributed by atoms with Crippen LogP contribution in [0.25, 0.3) is 0 Å². The van der Waals surface area contributed by atoms with E-state index >= 15 is 0 Å². The number of anilines is 1. The maximum Gasteiger partial charge on any atom is 0.164 e. The van der Waals surface area contributed by atoms with Crippen LogP contribution in [0.2, 0.25) is 5.02 Å². The molecule has 0 aromatic heterocycles. The SMILES string of the molecule is C=CCc1cc(CNc2cccc(Cl)c2C)cc(OCC)c1OCC. The summed E-state index contributed by atoms with van der Waals surface area (Å²) in [5.41, 5.74) is 4.29. The van der Waals surface area contributed by atoms with Gasteiger partial charge in [0.15, 0.2) is 11.5 Å². The van der Waals surface area contributed by atoms with Gasteiger partial charge in [0, 0.05) is 22.8 Å².